The zero-order valence-electron chi connectivity index (χ0n) is 7.59. The Morgan fingerprint density at radius 3 is 2.43 bits per heavy atom. The molecule has 0 radical (unpaired) electrons. The number of hydrogen-bond donors (Lipinski definition) is 1. The topological polar surface area (TPSA) is 26.0 Å². The average molecular weight is 264 g/mol. The third-order valence-electron chi connectivity index (χ3n) is 2.10. The predicted molar refractivity (Wildman–Crippen MR) is 56.4 cm³/mol. The summed E-state index contributed by atoms with van der Waals surface area (Å²) < 4.78 is 25.7. The first-order valence-corrected chi connectivity index (χ1v) is 5.16. The van der Waals surface area contributed by atoms with Gasteiger partial charge in [0.15, 0.2) is 0 Å². The normalized spacial score (nSPS) is 13.2. The van der Waals surface area contributed by atoms with Crippen LogP contribution in [0, 0.1) is 5.92 Å². The van der Waals surface area contributed by atoms with Crippen LogP contribution in [0.25, 0.3) is 0 Å². The molecule has 0 heterocycles. The van der Waals surface area contributed by atoms with Crippen LogP contribution in [0.2, 0.25) is 0 Å². The van der Waals surface area contributed by atoms with Gasteiger partial charge in [0.25, 0.3) is 0 Å². The molecule has 1 atom stereocenters. The Balaban J connectivity index is 2.72. The molecule has 0 spiro atoms. The molecule has 78 valence electrons. The summed E-state index contributed by atoms with van der Waals surface area (Å²) in [7, 11) is 0. The molecule has 0 fully saturated rings. The number of halogens is 3. The van der Waals surface area contributed by atoms with Gasteiger partial charge in [-0.25, -0.2) is 8.78 Å². The van der Waals surface area contributed by atoms with E-state index in [1.165, 1.54) is 0 Å². The first-order chi connectivity index (χ1) is 6.65. The lowest BCUT2D eigenvalue weighted by Gasteiger charge is -2.14. The van der Waals surface area contributed by atoms with E-state index in [1.54, 1.807) is 0 Å². The molecule has 0 amide bonds. The predicted octanol–water partition coefficient (Wildman–Crippen LogP) is 2.83. The monoisotopic (exact) mass is 263 g/mol. The molecule has 0 bridgehead atoms. The van der Waals surface area contributed by atoms with Gasteiger partial charge in [-0.05, 0) is 18.1 Å². The van der Waals surface area contributed by atoms with E-state index >= 15 is 0 Å². The zero-order chi connectivity index (χ0) is 10.6. The number of alkyl halides is 2. The van der Waals surface area contributed by atoms with Crippen LogP contribution in [0.15, 0.2) is 28.7 Å². The molecule has 1 nitrogen and oxygen atoms in total. The van der Waals surface area contributed by atoms with Gasteiger partial charge in [0.05, 0.1) is 0 Å². The smallest absolute Gasteiger partial charge is 0.242 e. The fraction of sp³-hybridized carbons (Fsp3) is 0.400. The van der Waals surface area contributed by atoms with Gasteiger partial charge in [-0.2, -0.15) is 0 Å². The molecule has 1 unspecified atom stereocenters. The highest BCUT2D eigenvalue weighted by atomic mass is 79.9. The first kappa shape index (κ1) is 11.6. The summed E-state index contributed by atoms with van der Waals surface area (Å²) in [6.45, 7) is 0.0129. The van der Waals surface area contributed by atoms with Crippen LogP contribution in [0.1, 0.15) is 5.56 Å². The molecular formula is C10H12BrF2N. The molecule has 2 N–H and O–H groups in total. The van der Waals surface area contributed by atoms with E-state index in [1.807, 2.05) is 24.3 Å². The first-order valence-electron chi connectivity index (χ1n) is 4.36. The summed E-state index contributed by atoms with van der Waals surface area (Å²) in [5.74, 6) is -0.756. The lowest BCUT2D eigenvalue weighted by molar-refractivity contribution is 0.0813. The van der Waals surface area contributed by atoms with Gasteiger partial charge in [0.2, 0.25) is 6.43 Å². The quantitative estimate of drug-likeness (QED) is 0.889. The Morgan fingerprint density at radius 2 is 1.93 bits per heavy atom. The lowest BCUT2D eigenvalue weighted by Crippen LogP contribution is -2.24. The molecule has 0 aromatic heterocycles. The standard InChI is InChI=1S/C10H12BrF2N/c11-9-4-2-1-3-7(9)5-8(6-14)10(12)13/h1-4,8,10H,5-6,14H2. The molecular weight excluding hydrogens is 252 g/mol. The molecule has 0 saturated carbocycles. The Morgan fingerprint density at radius 1 is 1.29 bits per heavy atom. The largest absolute Gasteiger partial charge is 0.330 e. The van der Waals surface area contributed by atoms with Crippen LogP contribution in [-0.2, 0) is 6.42 Å². The summed E-state index contributed by atoms with van der Waals surface area (Å²) in [6.07, 6.45) is -2.04. The van der Waals surface area contributed by atoms with Crippen molar-refractivity contribution in [3.63, 3.8) is 0 Å². The summed E-state index contributed by atoms with van der Waals surface area (Å²) in [5.41, 5.74) is 6.15. The molecule has 0 aliphatic rings. The summed E-state index contributed by atoms with van der Waals surface area (Å²) >= 11 is 3.32. The molecule has 1 aromatic carbocycles. The maximum Gasteiger partial charge on any atom is 0.242 e. The van der Waals surface area contributed by atoms with Crippen LogP contribution in [-0.4, -0.2) is 13.0 Å². The Bertz CT molecular complexity index is 291. The van der Waals surface area contributed by atoms with Gasteiger partial charge in [-0.15, -0.1) is 0 Å². The minimum absolute atomic E-state index is 0.0129. The molecule has 1 rings (SSSR count). The van der Waals surface area contributed by atoms with Crippen molar-refractivity contribution in [2.75, 3.05) is 6.54 Å². The minimum atomic E-state index is -2.35. The Hall–Kier alpha value is -0.480. The fourth-order valence-corrected chi connectivity index (χ4v) is 1.67. The van der Waals surface area contributed by atoms with Crippen molar-refractivity contribution < 1.29 is 8.78 Å². The van der Waals surface area contributed by atoms with E-state index in [0.717, 1.165) is 10.0 Å². The fourth-order valence-electron chi connectivity index (χ4n) is 1.22. The summed E-state index contributed by atoms with van der Waals surface area (Å²) in [4.78, 5) is 0. The van der Waals surface area contributed by atoms with E-state index in [2.05, 4.69) is 15.9 Å². The van der Waals surface area contributed by atoms with Crippen molar-refractivity contribution in [2.45, 2.75) is 12.8 Å². The molecule has 0 aliphatic heterocycles. The molecule has 0 saturated heterocycles. The van der Waals surface area contributed by atoms with E-state index in [-0.39, 0.29) is 6.54 Å². The van der Waals surface area contributed by atoms with Crippen LogP contribution in [0.3, 0.4) is 0 Å². The second kappa shape index (κ2) is 5.41. The summed E-state index contributed by atoms with van der Waals surface area (Å²) in [5, 5.41) is 0. The summed E-state index contributed by atoms with van der Waals surface area (Å²) in [6, 6.07) is 7.36. The number of hydrogen-bond acceptors (Lipinski definition) is 1. The highest BCUT2D eigenvalue weighted by Crippen LogP contribution is 2.21. The lowest BCUT2D eigenvalue weighted by atomic mass is 10.00. The van der Waals surface area contributed by atoms with Crippen molar-refractivity contribution in [1.29, 1.82) is 0 Å². The average Bonchev–Trinajstić information content (AvgIpc) is 2.16. The molecule has 1 aromatic rings. The number of benzene rings is 1. The minimum Gasteiger partial charge on any atom is -0.330 e. The van der Waals surface area contributed by atoms with Crippen molar-refractivity contribution in [3.05, 3.63) is 34.3 Å². The number of rotatable bonds is 4. The van der Waals surface area contributed by atoms with Gasteiger partial charge >= 0.3 is 0 Å². The van der Waals surface area contributed by atoms with Gasteiger partial charge < -0.3 is 5.73 Å². The van der Waals surface area contributed by atoms with Gasteiger partial charge in [0, 0.05) is 16.9 Å². The van der Waals surface area contributed by atoms with Crippen LogP contribution >= 0.6 is 15.9 Å². The van der Waals surface area contributed by atoms with Gasteiger partial charge in [-0.3, -0.25) is 0 Å². The van der Waals surface area contributed by atoms with E-state index < -0.39 is 12.3 Å². The highest BCUT2D eigenvalue weighted by molar-refractivity contribution is 9.10. The zero-order valence-corrected chi connectivity index (χ0v) is 9.18. The van der Waals surface area contributed by atoms with Gasteiger partial charge in [0.1, 0.15) is 0 Å². The molecule has 0 aliphatic carbocycles. The van der Waals surface area contributed by atoms with Crippen LogP contribution in [0.4, 0.5) is 8.78 Å². The highest BCUT2D eigenvalue weighted by Gasteiger charge is 2.19. The molecule has 14 heavy (non-hydrogen) atoms. The van der Waals surface area contributed by atoms with E-state index in [0.29, 0.717) is 6.42 Å². The van der Waals surface area contributed by atoms with E-state index in [4.69, 9.17) is 5.73 Å². The third-order valence-corrected chi connectivity index (χ3v) is 2.87. The van der Waals surface area contributed by atoms with Crippen molar-refractivity contribution in [2.24, 2.45) is 11.7 Å². The second-order valence-corrected chi connectivity index (χ2v) is 3.98. The Labute approximate surface area is 90.4 Å². The second-order valence-electron chi connectivity index (χ2n) is 3.13. The number of nitrogens with two attached hydrogens (primary N) is 1. The van der Waals surface area contributed by atoms with Crippen molar-refractivity contribution in [1.82, 2.24) is 0 Å². The van der Waals surface area contributed by atoms with Crippen LogP contribution < -0.4 is 5.73 Å². The maximum atomic E-state index is 12.4. The Kier molecular flexibility index (Phi) is 4.48. The maximum absolute atomic E-state index is 12.4. The SMILES string of the molecule is NCC(Cc1ccccc1Br)C(F)F. The van der Waals surface area contributed by atoms with E-state index in [9.17, 15) is 8.78 Å². The van der Waals surface area contributed by atoms with Crippen molar-refractivity contribution >= 4 is 15.9 Å². The van der Waals surface area contributed by atoms with Gasteiger partial charge in [-0.1, -0.05) is 34.1 Å². The van der Waals surface area contributed by atoms with Crippen LogP contribution in [0.5, 0.6) is 0 Å². The van der Waals surface area contributed by atoms with Crippen molar-refractivity contribution in [3.8, 4) is 0 Å². The third kappa shape index (κ3) is 3.03. The molecule has 4 heteroatoms.